The van der Waals surface area contributed by atoms with Gasteiger partial charge in [0.2, 0.25) is 0 Å². The lowest BCUT2D eigenvalue weighted by atomic mass is 9.85. The molecule has 3 heteroatoms. The number of rotatable bonds is 3. The summed E-state index contributed by atoms with van der Waals surface area (Å²) >= 11 is 0. The zero-order chi connectivity index (χ0) is 27.8. The van der Waals surface area contributed by atoms with E-state index in [0.29, 0.717) is 0 Å². The highest BCUT2D eigenvalue weighted by molar-refractivity contribution is 6.21. The first-order chi connectivity index (χ1) is 20.8. The molecular weight excluding hydrogens is 512 g/mol. The molecule has 42 heavy (non-hydrogen) atoms. The third-order valence-corrected chi connectivity index (χ3v) is 8.70. The molecule has 0 bridgehead atoms. The molecule has 0 atom stereocenters. The highest BCUT2D eigenvalue weighted by atomic mass is 16.5. The maximum absolute atomic E-state index is 6.57. The largest absolute Gasteiger partial charge is 0.453 e. The molecule has 0 saturated carbocycles. The molecule has 0 fully saturated rings. The number of hydrogen-bond donors (Lipinski definition) is 0. The van der Waals surface area contributed by atoms with E-state index in [1.165, 1.54) is 49.0 Å². The van der Waals surface area contributed by atoms with Crippen molar-refractivity contribution in [2.24, 2.45) is 0 Å². The van der Waals surface area contributed by atoms with Crippen molar-refractivity contribution in [1.29, 1.82) is 0 Å². The summed E-state index contributed by atoms with van der Waals surface area (Å²) in [6.07, 6.45) is 0.848. The van der Waals surface area contributed by atoms with E-state index in [1.807, 2.05) is 12.1 Å². The molecular formula is C39H26N2O. The zero-order valence-electron chi connectivity index (χ0n) is 23.1. The number of fused-ring (bicyclic) bond motifs is 5. The van der Waals surface area contributed by atoms with E-state index in [-0.39, 0.29) is 0 Å². The van der Waals surface area contributed by atoms with Crippen LogP contribution in [0.1, 0.15) is 12.7 Å². The fraction of sp³-hybridized carbons (Fsp3) is 0.0513. The first-order valence-electron chi connectivity index (χ1n) is 14.5. The average Bonchev–Trinajstić information content (AvgIpc) is 3.43. The maximum Gasteiger partial charge on any atom is 0.153 e. The van der Waals surface area contributed by atoms with Crippen LogP contribution in [0.4, 0.5) is 0 Å². The van der Waals surface area contributed by atoms with E-state index < -0.39 is 0 Å². The molecule has 0 unspecified atom stereocenters. The molecule has 3 nitrogen and oxygen atoms in total. The maximum atomic E-state index is 6.57. The first kappa shape index (κ1) is 23.3. The number of hydrogen-bond acceptors (Lipinski definition) is 2. The van der Waals surface area contributed by atoms with Gasteiger partial charge in [0.15, 0.2) is 11.5 Å². The standard InChI is InChI=1S/C39H26N2O/c1-2-36-40-32-16-9-17-34-39(32)41(36)33-21-20-27(23-35(33)42-34)38-30-14-7-5-12-28(30)37(29-13-6-8-15-31(29)38)26-19-18-24-10-3-4-11-25(24)22-26/h3-23H,2H2,1H3. The van der Waals surface area contributed by atoms with Gasteiger partial charge in [-0.25, -0.2) is 4.98 Å². The van der Waals surface area contributed by atoms with Crippen molar-refractivity contribution in [3.05, 3.63) is 133 Å². The Balaban J connectivity index is 1.32. The molecule has 0 N–H and O–H groups in total. The Morgan fingerprint density at radius 2 is 1.19 bits per heavy atom. The quantitative estimate of drug-likeness (QED) is 0.209. The molecule has 7 aromatic carbocycles. The summed E-state index contributed by atoms with van der Waals surface area (Å²) in [5.41, 5.74) is 7.92. The zero-order valence-corrected chi connectivity index (χ0v) is 23.1. The van der Waals surface area contributed by atoms with E-state index >= 15 is 0 Å². The number of aryl methyl sites for hydroxylation is 1. The van der Waals surface area contributed by atoms with E-state index in [0.717, 1.165) is 46.0 Å². The normalized spacial score (nSPS) is 12.2. The van der Waals surface area contributed by atoms with Crippen LogP contribution < -0.4 is 4.74 Å². The van der Waals surface area contributed by atoms with Gasteiger partial charge in [-0.2, -0.15) is 0 Å². The first-order valence-corrected chi connectivity index (χ1v) is 14.5. The molecule has 9 rings (SSSR count). The Labute approximate surface area is 243 Å². The van der Waals surface area contributed by atoms with E-state index in [9.17, 15) is 0 Å². The van der Waals surface area contributed by atoms with E-state index in [1.54, 1.807) is 0 Å². The van der Waals surface area contributed by atoms with Crippen molar-refractivity contribution in [1.82, 2.24) is 9.55 Å². The van der Waals surface area contributed by atoms with Gasteiger partial charge in [0.05, 0.1) is 11.2 Å². The predicted molar refractivity (Wildman–Crippen MR) is 174 cm³/mol. The van der Waals surface area contributed by atoms with E-state index in [2.05, 4.69) is 127 Å². The Bertz CT molecular complexity index is 2320. The summed E-state index contributed by atoms with van der Waals surface area (Å²) in [5, 5.41) is 7.46. The fourth-order valence-corrected chi connectivity index (χ4v) is 6.87. The second-order valence-electron chi connectivity index (χ2n) is 11.0. The van der Waals surface area contributed by atoms with E-state index in [4.69, 9.17) is 9.72 Å². The third kappa shape index (κ3) is 3.25. The fourth-order valence-electron chi connectivity index (χ4n) is 6.87. The monoisotopic (exact) mass is 538 g/mol. The molecule has 198 valence electrons. The summed E-state index contributed by atoms with van der Waals surface area (Å²) in [4.78, 5) is 4.90. The Morgan fingerprint density at radius 1 is 0.571 bits per heavy atom. The number of aromatic nitrogens is 2. The molecule has 2 heterocycles. The second-order valence-corrected chi connectivity index (χ2v) is 11.0. The van der Waals surface area contributed by atoms with Gasteiger partial charge in [-0.3, -0.25) is 4.57 Å². The Kier molecular flexibility index (Phi) is 4.88. The molecule has 1 aliphatic heterocycles. The predicted octanol–water partition coefficient (Wildman–Crippen LogP) is 10.5. The SMILES string of the molecule is CCc1nc2cccc3c2n1-c1ccc(-c2c4ccccc4c(-c4ccc5ccccc5c4)c4ccccc24)cc1O3. The van der Waals surface area contributed by atoms with Crippen molar-refractivity contribution >= 4 is 43.4 Å². The van der Waals surface area contributed by atoms with Gasteiger partial charge in [0.1, 0.15) is 11.3 Å². The molecule has 0 saturated heterocycles. The van der Waals surface area contributed by atoms with Crippen LogP contribution in [0.25, 0.3) is 71.3 Å². The summed E-state index contributed by atoms with van der Waals surface area (Å²) in [6.45, 7) is 2.16. The van der Waals surface area contributed by atoms with Crippen LogP contribution in [-0.4, -0.2) is 9.55 Å². The van der Waals surface area contributed by atoms with Gasteiger partial charge in [-0.05, 0) is 84.9 Å². The highest BCUT2D eigenvalue weighted by Gasteiger charge is 2.25. The molecule has 0 radical (unpaired) electrons. The molecule has 0 spiro atoms. The van der Waals surface area contributed by atoms with Crippen LogP contribution in [0.2, 0.25) is 0 Å². The van der Waals surface area contributed by atoms with Crippen LogP contribution in [0.15, 0.2) is 127 Å². The number of ether oxygens (including phenoxy) is 1. The van der Waals surface area contributed by atoms with Crippen LogP contribution in [0.5, 0.6) is 11.5 Å². The molecule has 1 aliphatic rings. The van der Waals surface area contributed by atoms with Crippen molar-refractivity contribution in [3.8, 4) is 39.4 Å². The number of imidazole rings is 1. The van der Waals surface area contributed by atoms with Crippen LogP contribution in [-0.2, 0) is 6.42 Å². The third-order valence-electron chi connectivity index (χ3n) is 8.70. The van der Waals surface area contributed by atoms with Crippen molar-refractivity contribution in [2.75, 3.05) is 0 Å². The second kappa shape index (κ2) is 8.79. The number of nitrogens with zero attached hydrogens (tertiary/aromatic N) is 2. The van der Waals surface area contributed by atoms with Crippen LogP contribution in [0, 0.1) is 0 Å². The van der Waals surface area contributed by atoms with Crippen LogP contribution in [0.3, 0.4) is 0 Å². The Hall–Kier alpha value is -5.41. The van der Waals surface area contributed by atoms with Crippen molar-refractivity contribution < 1.29 is 4.74 Å². The lowest BCUT2D eigenvalue weighted by Gasteiger charge is -2.23. The minimum Gasteiger partial charge on any atom is -0.453 e. The number of para-hydroxylation sites is 1. The van der Waals surface area contributed by atoms with Gasteiger partial charge in [0, 0.05) is 6.42 Å². The number of benzene rings is 7. The van der Waals surface area contributed by atoms with Gasteiger partial charge in [0.25, 0.3) is 0 Å². The van der Waals surface area contributed by atoms with Gasteiger partial charge >= 0.3 is 0 Å². The van der Waals surface area contributed by atoms with Gasteiger partial charge in [-0.1, -0.05) is 104 Å². The van der Waals surface area contributed by atoms with Gasteiger partial charge < -0.3 is 4.74 Å². The summed E-state index contributed by atoms with van der Waals surface area (Å²) < 4.78 is 8.84. The van der Waals surface area contributed by atoms with Crippen LogP contribution >= 0.6 is 0 Å². The minimum atomic E-state index is 0.848. The topological polar surface area (TPSA) is 27.1 Å². The molecule has 8 aromatic rings. The molecule has 0 aliphatic carbocycles. The van der Waals surface area contributed by atoms with Gasteiger partial charge in [-0.15, -0.1) is 0 Å². The molecule has 0 amide bonds. The smallest absolute Gasteiger partial charge is 0.153 e. The average molecular weight is 539 g/mol. The minimum absolute atomic E-state index is 0.848. The summed E-state index contributed by atoms with van der Waals surface area (Å²) in [5.74, 6) is 2.75. The van der Waals surface area contributed by atoms with Crippen molar-refractivity contribution in [2.45, 2.75) is 13.3 Å². The lowest BCUT2D eigenvalue weighted by Crippen LogP contribution is -2.07. The summed E-state index contributed by atoms with van der Waals surface area (Å²) in [6, 6.07) is 45.8. The Morgan fingerprint density at radius 3 is 1.88 bits per heavy atom. The van der Waals surface area contributed by atoms with Crippen molar-refractivity contribution in [3.63, 3.8) is 0 Å². The lowest BCUT2D eigenvalue weighted by molar-refractivity contribution is 0.474. The highest BCUT2D eigenvalue weighted by Crippen LogP contribution is 2.47. The molecule has 1 aromatic heterocycles. The summed E-state index contributed by atoms with van der Waals surface area (Å²) in [7, 11) is 0.